The SMILES string of the molecule is C[C@H](N)C(=O)N1CCN(C(=O)c2ccc(Br)cc2)CC1. The summed E-state index contributed by atoms with van der Waals surface area (Å²) in [6, 6.07) is 6.81. The van der Waals surface area contributed by atoms with Crippen molar-refractivity contribution in [2.75, 3.05) is 26.2 Å². The summed E-state index contributed by atoms with van der Waals surface area (Å²) in [4.78, 5) is 27.6. The van der Waals surface area contributed by atoms with Crippen LogP contribution in [0.5, 0.6) is 0 Å². The number of hydrogen-bond acceptors (Lipinski definition) is 3. The van der Waals surface area contributed by atoms with E-state index in [0.29, 0.717) is 31.7 Å². The Hall–Kier alpha value is -1.40. The average Bonchev–Trinajstić information content (AvgIpc) is 2.46. The Morgan fingerprint density at radius 3 is 2.10 bits per heavy atom. The Kier molecular flexibility index (Phi) is 4.77. The molecular formula is C14H18BrN3O2. The highest BCUT2D eigenvalue weighted by Gasteiger charge is 2.25. The van der Waals surface area contributed by atoms with Gasteiger partial charge >= 0.3 is 0 Å². The highest BCUT2D eigenvalue weighted by atomic mass is 79.9. The maximum Gasteiger partial charge on any atom is 0.253 e. The second-order valence-electron chi connectivity index (χ2n) is 4.91. The minimum atomic E-state index is -0.483. The summed E-state index contributed by atoms with van der Waals surface area (Å²) in [5, 5.41) is 0. The van der Waals surface area contributed by atoms with Crippen LogP contribution in [0.4, 0.5) is 0 Å². The summed E-state index contributed by atoms with van der Waals surface area (Å²) >= 11 is 3.35. The van der Waals surface area contributed by atoms with E-state index in [2.05, 4.69) is 15.9 Å². The van der Waals surface area contributed by atoms with Crippen molar-refractivity contribution in [3.8, 4) is 0 Å². The van der Waals surface area contributed by atoms with E-state index in [4.69, 9.17) is 5.73 Å². The minimum Gasteiger partial charge on any atom is -0.338 e. The van der Waals surface area contributed by atoms with Gasteiger partial charge in [0.25, 0.3) is 5.91 Å². The van der Waals surface area contributed by atoms with Gasteiger partial charge in [-0.3, -0.25) is 9.59 Å². The lowest BCUT2D eigenvalue weighted by Gasteiger charge is -2.35. The fourth-order valence-electron chi connectivity index (χ4n) is 2.19. The molecule has 20 heavy (non-hydrogen) atoms. The first-order chi connectivity index (χ1) is 9.49. The van der Waals surface area contributed by atoms with Crippen molar-refractivity contribution in [2.24, 2.45) is 5.73 Å². The van der Waals surface area contributed by atoms with Crippen molar-refractivity contribution in [3.05, 3.63) is 34.3 Å². The molecule has 1 aromatic carbocycles. The van der Waals surface area contributed by atoms with E-state index in [1.54, 1.807) is 28.9 Å². The van der Waals surface area contributed by atoms with Crippen LogP contribution in [-0.4, -0.2) is 53.8 Å². The van der Waals surface area contributed by atoms with Crippen LogP contribution in [-0.2, 0) is 4.79 Å². The highest BCUT2D eigenvalue weighted by molar-refractivity contribution is 9.10. The van der Waals surface area contributed by atoms with Gasteiger partial charge in [0.15, 0.2) is 0 Å². The van der Waals surface area contributed by atoms with Crippen molar-refractivity contribution in [2.45, 2.75) is 13.0 Å². The average molecular weight is 340 g/mol. The second-order valence-corrected chi connectivity index (χ2v) is 5.83. The van der Waals surface area contributed by atoms with Gasteiger partial charge in [-0.2, -0.15) is 0 Å². The van der Waals surface area contributed by atoms with E-state index >= 15 is 0 Å². The molecule has 0 aliphatic carbocycles. The van der Waals surface area contributed by atoms with Gasteiger partial charge in [-0.1, -0.05) is 15.9 Å². The predicted octanol–water partition coefficient (Wildman–Crippen LogP) is 1.08. The second kappa shape index (κ2) is 6.37. The summed E-state index contributed by atoms with van der Waals surface area (Å²) in [6.07, 6.45) is 0. The first-order valence-corrected chi connectivity index (χ1v) is 7.37. The number of rotatable bonds is 2. The monoisotopic (exact) mass is 339 g/mol. The molecule has 108 valence electrons. The molecule has 1 fully saturated rings. The fraction of sp³-hybridized carbons (Fsp3) is 0.429. The van der Waals surface area contributed by atoms with Gasteiger partial charge in [0.2, 0.25) is 5.91 Å². The number of benzene rings is 1. The van der Waals surface area contributed by atoms with E-state index in [9.17, 15) is 9.59 Å². The normalized spacial score (nSPS) is 16.9. The van der Waals surface area contributed by atoms with Crippen molar-refractivity contribution < 1.29 is 9.59 Å². The molecule has 1 aliphatic heterocycles. The van der Waals surface area contributed by atoms with Crippen LogP contribution >= 0.6 is 15.9 Å². The summed E-state index contributed by atoms with van der Waals surface area (Å²) in [7, 11) is 0. The minimum absolute atomic E-state index is 0.00500. The molecule has 0 aromatic heterocycles. The molecule has 2 amide bonds. The Balaban J connectivity index is 1.95. The summed E-state index contributed by atoms with van der Waals surface area (Å²) in [6.45, 7) is 3.87. The van der Waals surface area contributed by atoms with E-state index in [0.717, 1.165) is 4.47 Å². The molecule has 0 unspecified atom stereocenters. The number of carbonyl (C=O) groups excluding carboxylic acids is 2. The number of nitrogens with two attached hydrogens (primary N) is 1. The first-order valence-electron chi connectivity index (χ1n) is 6.58. The molecule has 1 atom stereocenters. The lowest BCUT2D eigenvalue weighted by molar-refractivity contribution is -0.133. The molecule has 1 aromatic rings. The number of halogens is 1. The van der Waals surface area contributed by atoms with Crippen LogP contribution in [0.25, 0.3) is 0 Å². The van der Waals surface area contributed by atoms with Gasteiger partial charge in [-0.25, -0.2) is 0 Å². The zero-order valence-electron chi connectivity index (χ0n) is 11.4. The highest BCUT2D eigenvalue weighted by Crippen LogP contribution is 2.13. The lowest BCUT2D eigenvalue weighted by Crippen LogP contribution is -2.53. The Morgan fingerprint density at radius 2 is 1.60 bits per heavy atom. The van der Waals surface area contributed by atoms with Gasteiger partial charge in [0, 0.05) is 36.2 Å². The first kappa shape index (κ1) is 15.0. The maximum absolute atomic E-state index is 12.3. The van der Waals surface area contributed by atoms with E-state index in [1.165, 1.54) is 0 Å². The topological polar surface area (TPSA) is 66.6 Å². The maximum atomic E-state index is 12.3. The zero-order valence-corrected chi connectivity index (χ0v) is 13.0. The van der Waals surface area contributed by atoms with Crippen molar-refractivity contribution >= 4 is 27.7 Å². The van der Waals surface area contributed by atoms with Gasteiger partial charge in [-0.05, 0) is 31.2 Å². The largest absolute Gasteiger partial charge is 0.338 e. The predicted molar refractivity (Wildman–Crippen MR) is 80.3 cm³/mol. The molecule has 1 saturated heterocycles. The molecule has 5 nitrogen and oxygen atoms in total. The van der Waals surface area contributed by atoms with Gasteiger partial charge in [-0.15, -0.1) is 0 Å². The van der Waals surface area contributed by atoms with Crippen LogP contribution in [0.1, 0.15) is 17.3 Å². The molecule has 2 rings (SSSR count). The number of hydrogen-bond donors (Lipinski definition) is 1. The van der Waals surface area contributed by atoms with Crippen LogP contribution in [0, 0.1) is 0 Å². The zero-order chi connectivity index (χ0) is 14.7. The Bertz CT molecular complexity index is 494. The van der Waals surface area contributed by atoms with Gasteiger partial charge < -0.3 is 15.5 Å². The van der Waals surface area contributed by atoms with Gasteiger partial charge in [0.1, 0.15) is 0 Å². The molecule has 6 heteroatoms. The smallest absolute Gasteiger partial charge is 0.253 e. The summed E-state index contributed by atoms with van der Waals surface area (Å²) < 4.78 is 0.946. The van der Waals surface area contributed by atoms with Crippen LogP contribution < -0.4 is 5.73 Å². The van der Waals surface area contributed by atoms with Crippen molar-refractivity contribution in [1.29, 1.82) is 0 Å². The molecule has 0 radical (unpaired) electrons. The van der Waals surface area contributed by atoms with E-state index < -0.39 is 6.04 Å². The standard InChI is InChI=1S/C14H18BrN3O2/c1-10(16)13(19)17-6-8-18(9-7-17)14(20)11-2-4-12(15)5-3-11/h2-5,10H,6-9,16H2,1H3/t10-/m0/s1. The third-order valence-corrected chi connectivity index (χ3v) is 3.89. The van der Waals surface area contributed by atoms with Gasteiger partial charge in [0.05, 0.1) is 6.04 Å². The Morgan fingerprint density at radius 1 is 1.10 bits per heavy atom. The van der Waals surface area contributed by atoms with E-state index in [-0.39, 0.29) is 11.8 Å². The van der Waals surface area contributed by atoms with Crippen LogP contribution in [0.15, 0.2) is 28.7 Å². The number of amides is 2. The Labute approximate surface area is 126 Å². The third-order valence-electron chi connectivity index (χ3n) is 3.36. The van der Waals surface area contributed by atoms with Crippen LogP contribution in [0.3, 0.4) is 0 Å². The molecule has 1 aliphatic rings. The number of nitrogens with zero attached hydrogens (tertiary/aromatic N) is 2. The molecule has 2 N–H and O–H groups in total. The number of carbonyl (C=O) groups is 2. The summed E-state index contributed by atoms with van der Waals surface area (Å²) in [5.74, 6) is -0.0499. The van der Waals surface area contributed by atoms with E-state index in [1.807, 2.05) is 12.1 Å². The quantitative estimate of drug-likeness (QED) is 0.876. The molecule has 1 heterocycles. The van der Waals surface area contributed by atoms with Crippen molar-refractivity contribution in [3.63, 3.8) is 0 Å². The molecule has 0 bridgehead atoms. The molecular weight excluding hydrogens is 322 g/mol. The van der Waals surface area contributed by atoms with Crippen LogP contribution in [0.2, 0.25) is 0 Å². The fourth-order valence-corrected chi connectivity index (χ4v) is 2.46. The summed E-state index contributed by atoms with van der Waals surface area (Å²) in [5.41, 5.74) is 6.26. The third kappa shape index (κ3) is 3.37. The lowest BCUT2D eigenvalue weighted by atomic mass is 10.1. The molecule has 0 spiro atoms. The number of piperazine rings is 1. The van der Waals surface area contributed by atoms with Crippen molar-refractivity contribution in [1.82, 2.24) is 9.80 Å². The molecule has 0 saturated carbocycles.